The minimum absolute atomic E-state index is 0.0561. The van der Waals surface area contributed by atoms with Gasteiger partial charge in [0.15, 0.2) is 0 Å². The molecule has 0 saturated heterocycles. The van der Waals surface area contributed by atoms with Gasteiger partial charge in [0.05, 0.1) is 6.04 Å². The summed E-state index contributed by atoms with van der Waals surface area (Å²) in [7, 11) is 0. The number of ether oxygens (including phenoxy) is 1. The first-order valence-electron chi connectivity index (χ1n) is 7.33. The van der Waals surface area contributed by atoms with Crippen molar-refractivity contribution in [3.8, 4) is 5.75 Å². The summed E-state index contributed by atoms with van der Waals surface area (Å²) in [5.74, 6) is -0.580. The molecule has 0 bridgehead atoms. The van der Waals surface area contributed by atoms with Crippen molar-refractivity contribution in [2.75, 3.05) is 0 Å². The van der Waals surface area contributed by atoms with Gasteiger partial charge in [-0.05, 0) is 30.5 Å². The van der Waals surface area contributed by atoms with Gasteiger partial charge in [-0.25, -0.2) is 0 Å². The Hall–Kier alpha value is -2.18. The molecule has 0 aliphatic heterocycles. The van der Waals surface area contributed by atoms with Crippen LogP contribution in [0.25, 0.3) is 0 Å². The Balaban J connectivity index is 2.71. The van der Waals surface area contributed by atoms with Crippen molar-refractivity contribution in [2.45, 2.75) is 46.4 Å². The molecular weight excluding hydrogens is 306 g/mol. The maximum absolute atomic E-state index is 12.3. The van der Waals surface area contributed by atoms with Gasteiger partial charge in [0, 0.05) is 6.92 Å². The number of halogens is 2. The number of alkyl halides is 2. The maximum Gasteiger partial charge on any atom is 0.387 e. The van der Waals surface area contributed by atoms with Crippen LogP contribution in [0, 0.1) is 5.92 Å². The monoisotopic (exact) mass is 328 g/mol. The third-order valence-corrected chi connectivity index (χ3v) is 3.27. The van der Waals surface area contributed by atoms with Crippen molar-refractivity contribution in [1.82, 2.24) is 10.6 Å². The van der Waals surface area contributed by atoms with Crippen LogP contribution >= 0.6 is 0 Å². The summed E-state index contributed by atoms with van der Waals surface area (Å²) in [4.78, 5) is 23.4. The summed E-state index contributed by atoms with van der Waals surface area (Å²) in [6.07, 6.45) is 0. The van der Waals surface area contributed by atoms with Crippen LogP contribution in [0.2, 0.25) is 0 Å². The Bertz CT molecular complexity index is 533. The van der Waals surface area contributed by atoms with Gasteiger partial charge < -0.3 is 15.4 Å². The zero-order valence-electron chi connectivity index (χ0n) is 13.6. The fourth-order valence-electron chi connectivity index (χ4n) is 2.08. The van der Waals surface area contributed by atoms with Crippen LogP contribution in [0.3, 0.4) is 0 Å². The van der Waals surface area contributed by atoms with Gasteiger partial charge in [0.2, 0.25) is 11.8 Å². The van der Waals surface area contributed by atoms with Gasteiger partial charge in [0.25, 0.3) is 0 Å². The van der Waals surface area contributed by atoms with E-state index in [-0.39, 0.29) is 29.5 Å². The lowest BCUT2D eigenvalue weighted by Crippen LogP contribution is -2.49. The van der Waals surface area contributed by atoms with Gasteiger partial charge in [-0.2, -0.15) is 8.78 Å². The number of nitrogens with one attached hydrogen (secondary N) is 2. The molecule has 0 radical (unpaired) electrons. The van der Waals surface area contributed by atoms with Gasteiger partial charge in [-0.15, -0.1) is 0 Å². The number of rotatable bonds is 7. The molecule has 1 aromatic rings. The molecule has 2 amide bonds. The topological polar surface area (TPSA) is 67.4 Å². The zero-order valence-corrected chi connectivity index (χ0v) is 13.6. The SMILES string of the molecule is CC(=O)NC(C(=O)NC(C)c1ccc(OC(F)F)cc1)C(C)C. The van der Waals surface area contributed by atoms with Crippen LogP contribution in [-0.4, -0.2) is 24.5 Å². The molecule has 0 fully saturated rings. The zero-order chi connectivity index (χ0) is 17.6. The second-order valence-electron chi connectivity index (χ2n) is 5.60. The van der Waals surface area contributed by atoms with Crippen molar-refractivity contribution in [3.63, 3.8) is 0 Å². The van der Waals surface area contributed by atoms with E-state index >= 15 is 0 Å². The second kappa shape index (κ2) is 8.45. The standard InChI is InChI=1S/C16H22F2N2O3/c1-9(2)14(20-11(4)21)15(22)19-10(3)12-5-7-13(8-6-12)23-16(17)18/h5-10,14,16H,1-4H3,(H,19,22)(H,20,21). The van der Waals surface area contributed by atoms with E-state index in [1.807, 2.05) is 13.8 Å². The first kappa shape index (κ1) is 18.9. The molecule has 2 N–H and O–H groups in total. The highest BCUT2D eigenvalue weighted by Crippen LogP contribution is 2.19. The molecule has 0 aliphatic rings. The number of benzene rings is 1. The highest BCUT2D eigenvalue weighted by atomic mass is 19.3. The third kappa shape index (κ3) is 6.22. The quantitative estimate of drug-likeness (QED) is 0.808. The number of carbonyl (C=O) groups is 2. The molecule has 128 valence electrons. The summed E-state index contributed by atoms with van der Waals surface area (Å²) in [5, 5.41) is 5.41. The minimum Gasteiger partial charge on any atom is -0.435 e. The molecule has 2 unspecified atom stereocenters. The molecule has 1 aromatic carbocycles. The molecule has 0 spiro atoms. The first-order valence-corrected chi connectivity index (χ1v) is 7.33. The summed E-state index contributed by atoms with van der Waals surface area (Å²) in [5.41, 5.74) is 0.741. The molecule has 5 nitrogen and oxygen atoms in total. The lowest BCUT2D eigenvalue weighted by atomic mass is 10.0. The largest absolute Gasteiger partial charge is 0.435 e. The van der Waals surface area contributed by atoms with Crippen molar-refractivity contribution in [1.29, 1.82) is 0 Å². The van der Waals surface area contributed by atoms with Crippen molar-refractivity contribution >= 4 is 11.8 Å². The molecule has 0 aromatic heterocycles. The van der Waals surface area contributed by atoms with Gasteiger partial charge in [-0.1, -0.05) is 26.0 Å². The van der Waals surface area contributed by atoms with Gasteiger partial charge in [-0.3, -0.25) is 9.59 Å². The summed E-state index contributed by atoms with van der Waals surface area (Å²) < 4.78 is 28.5. The summed E-state index contributed by atoms with van der Waals surface area (Å²) >= 11 is 0. The van der Waals surface area contributed by atoms with E-state index in [4.69, 9.17) is 0 Å². The number of hydrogen-bond donors (Lipinski definition) is 2. The van der Waals surface area contributed by atoms with Crippen LogP contribution in [0.1, 0.15) is 39.3 Å². The number of hydrogen-bond acceptors (Lipinski definition) is 3. The molecule has 0 saturated carbocycles. The van der Waals surface area contributed by atoms with E-state index in [1.165, 1.54) is 19.1 Å². The molecule has 0 aliphatic carbocycles. The summed E-state index contributed by atoms with van der Waals surface area (Å²) in [6.45, 7) is 3.92. The normalized spacial score (nSPS) is 13.6. The molecule has 2 atom stereocenters. The van der Waals surface area contributed by atoms with Crippen molar-refractivity contribution in [2.24, 2.45) is 5.92 Å². The van der Waals surface area contributed by atoms with E-state index in [1.54, 1.807) is 19.1 Å². The lowest BCUT2D eigenvalue weighted by Gasteiger charge is -2.23. The van der Waals surface area contributed by atoms with Crippen molar-refractivity contribution < 1.29 is 23.1 Å². The number of amides is 2. The predicted octanol–water partition coefficient (Wildman–Crippen LogP) is 2.63. The van der Waals surface area contributed by atoms with E-state index < -0.39 is 12.7 Å². The van der Waals surface area contributed by atoms with Crippen LogP contribution in [0.15, 0.2) is 24.3 Å². The van der Waals surface area contributed by atoms with E-state index in [9.17, 15) is 18.4 Å². The smallest absolute Gasteiger partial charge is 0.387 e. The summed E-state index contributed by atoms with van der Waals surface area (Å²) in [6, 6.07) is 5.07. The average Bonchev–Trinajstić information content (AvgIpc) is 2.44. The van der Waals surface area contributed by atoms with E-state index in [0.717, 1.165) is 5.56 Å². The third-order valence-electron chi connectivity index (χ3n) is 3.27. The molecule has 1 rings (SSSR count). The minimum atomic E-state index is -2.87. The Kier molecular flexibility index (Phi) is 6.93. The average molecular weight is 328 g/mol. The number of carbonyl (C=O) groups excluding carboxylic acids is 2. The first-order chi connectivity index (χ1) is 10.7. The Morgan fingerprint density at radius 1 is 1.04 bits per heavy atom. The second-order valence-corrected chi connectivity index (χ2v) is 5.60. The van der Waals surface area contributed by atoms with Crippen LogP contribution in [0.5, 0.6) is 5.75 Å². The van der Waals surface area contributed by atoms with Crippen LogP contribution in [0.4, 0.5) is 8.78 Å². The fraction of sp³-hybridized carbons (Fsp3) is 0.500. The molecule has 7 heteroatoms. The van der Waals surface area contributed by atoms with Crippen LogP contribution in [-0.2, 0) is 9.59 Å². The van der Waals surface area contributed by atoms with E-state index in [0.29, 0.717) is 0 Å². The molecule has 0 heterocycles. The van der Waals surface area contributed by atoms with E-state index in [2.05, 4.69) is 15.4 Å². The Morgan fingerprint density at radius 2 is 1.61 bits per heavy atom. The Labute approximate surface area is 134 Å². The Morgan fingerprint density at radius 3 is 2.04 bits per heavy atom. The molecule has 23 heavy (non-hydrogen) atoms. The predicted molar refractivity (Wildman–Crippen MR) is 82.1 cm³/mol. The van der Waals surface area contributed by atoms with Crippen molar-refractivity contribution in [3.05, 3.63) is 29.8 Å². The fourth-order valence-corrected chi connectivity index (χ4v) is 2.08. The van der Waals surface area contributed by atoms with Gasteiger partial charge >= 0.3 is 6.61 Å². The maximum atomic E-state index is 12.3. The van der Waals surface area contributed by atoms with Gasteiger partial charge in [0.1, 0.15) is 11.8 Å². The highest BCUT2D eigenvalue weighted by Gasteiger charge is 2.24. The lowest BCUT2D eigenvalue weighted by molar-refractivity contribution is -0.129. The highest BCUT2D eigenvalue weighted by molar-refractivity contribution is 5.87. The van der Waals surface area contributed by atoms with Crippen LogP contribution < -0.4 is 15.4 Å². The molecular formula is C16H22F2N2O3.